The van der Waals surface area contributed by atoms with Gasteiger partial charge in [0.1, 0.15) is 6.04 Å². The van der Waals surface area contributed by atoms with Crippen LogP contribution in [0.15, 0.2) is 11.8 Å². The molecule has 0 amide bonds. The lowest BCUT2D eigenvalue weighted by atomic mass is 10.1. The molecule has 0 radical (unpaired) electrons. The van der Waals surface area contributed by atoms with Crippen LogP contribution in [0.5, 0.6) is 0 Å². The van der Waals surface area contributed by atoms with E-state index in [1.54, 1.807) is 14.0 Å². The van der Waals surface area contributed by atoms with Crippen LogP contribution in [0.3, 0.4) is 0 Å². The Kier molecular flexibility index (Phi) is 4.09. The maximum absolute atomic E-state index is 12.0. The zero-order chi connectivity index (χ0) is 9.78. The zero-order valence-electron chi connectivity index (χ0n) is 7.07. The first-order valence-electron chi connectivity index (χ1n) is 3.62. The van der Waals surface area contributed by atoms with Crippen LogP contribution in [0.4, 0.5) is 13.2 Å². The molecule has 0 saturated carbocycles. The van der Waals surface area contributed by atoms with Crippen LogP contribution >= 0.6 is 0 Å². The first-order valence-corrected chi connectivity index (χ1v) is 3.62. The second-order valence-electron chi connectivity index (χ2n) is 2.38. The molecule has 0 heterocycles. The topological polar surface area (TPSA) is 38.0 Å². The quantitative estimate of drug-likeness (QED) is 0.692. The van der Waals surface area contributed by atoms with Gasteiger partial charge in [-0.25, -0.2) is 0 Å². The Morgan fingerprint density at radius 1 is 1.58 bits per heavy atom. The molecule has 1 unspecified atom stereocenters. The molecule has 0 aromatic heterocycles. The maximum Gasteiger partial charge on any atom is 0.407 e. The van der Waals surface area contributed by atoms with E-state index in [0.29, 0.717) is 6.42 Å². The summed E-state index contributed by atoms with van der Waals surface area (Å²) in [6.07, 6.45) is -2.77. The number of hydrogen-bond donors (Lipinski definition) is 2. The predicted octanol–water partition coefficient (Wildman–Crippen LogP) is 1.39. The Bertz CT molecular complexity index is 163. The minimum Gasteiger partial charge on any atom is -0.394 e. The molecule has 1 atom stereocenters. The summed E-state index contributed by atoms with van der Waals surface area (Å²) in [6, 6.07) is -1.85. The lowest BCUT2D eigenvalue weighted by Gasteiger charge is -2.17. The molecule has 0 bridgehead atoms. The number of nitrogens with one attached hydrogen (secondary N) is 1. The molecule has 0 saturated heterocycles. The summed E-state index contributed by atoms with van der Waals surface area (Å²) < 4.78 is 36.0. The fraction of sp³-hybridized carbons (Fsp3) is 0.714. The second-order valence-corrected chi connectivity index (χ2v) is 2.38. The van der Waals surface area contributed by atoms with Gasteiger partial charge in [0.05, 0.1) is 0 Å². The zero-order valence-corrected chi connectivity index (χ0v) is 7.07. The lowest BCUT2D eigenvalue weighted by Crippen LogP contribution is -2.39. The van der Waals surface area contributed by atoms with Crippen molar-refractivity contribution in [2.24, 2.45) is 5.73 Å². The van der Waals surface area contributed by atoms with E-state index in [4.69, 9.17) is 5.73 Å². The second kappa shape index (κ2) is 4.35. The summed E-state index contributed by atoms with van der Waals surface area (Å²) in [4.78, 5) is 0. The van der Waals surface area contributed by atoms with Crippen molar-refractivity contribution in [2.75, 3.05) is 7.05 Å². The van der Waals surface area contributed by atoms with E-state index in [-0.39, 0.29) is 5.57 Å². The summed E-state index contributed by atoms with van der Waals surface area (Å²) in [5, 5.41) is 2.53. The van der Waals surface area contributed by atoms with E-state index in [1.807, 2.05) is 0 Å². The molecule has 12 heavy (non-hydrogen) atoms. The first-order chi connectivity index (χ1) is 5.43. The normalized spacial score (nSPS) is 16.0. The van der Waals surface area contributed by atoms with Crippen LogP contribution in [-0.4, -0.2) is 19.3 Å². The van der Waals surface area contributed by atoms with E-state index in [1.165, 1.54) is 6.20 Å². The first kappa shape index (κ1) is 11.3. The molecular weight excluding hydrogens is 169 g/mol. The number of alkyl halides is 3. The molecule has 0 aromatic rings. The van der Waals surface area contributed by atoms with Gasteiger partial charge >= 0.3 is 6.18 Å². The van der Waals surface area contributed by atoms with Gasteiger partial charge in [-0.15, -0.1) is 0 Å². The van der Waals surface area contributed by atoms with Gasteiger partial charge in [0, 0.05) is 7.05 Å². The van der Waals surface area contributed by atoms with Crippen LogP contribution in [0.1, 0.15) is 13.3 Å². The van der Waals surface area contributed by atoms with Crippen molar-refractivity contribution < 1.29 is 13.2 Å². The molecule has 0 rings (SSSR count). The molecule has 72 valence electrons. The van der Waals surface area contributed by atoms with Crippen LogP contribution < -0.4 is 11.1 Å². The van der Waals surface area contributed by atoms with Crippen molar-refractivity contribution in [2.45, 2.75) is 25.6 Å². The maximum atomic E-state index is 12.0. The van der Waals surface area contributed by atoms with Crippen LogP contribution in [0.2, 0.25) is 0 Å². The number of rotatable bonds is 3. The van der Waals surface area contributed by atoms with E-state index >= 15 is 0 Å². The fourth-order valence-corrected chi connectivity index (χ4v) is 0.807. The Labute approximate surface area is 69.6 Å². The predicted molar refractivity (Wildman–Crippen MR) is 41.5 cm³/mol. The lowest BCUT2D eigenvalue weighted by molar-refractivity contribution is -0.139. The largest absolute Gasteiger partial charge is 0.407 e. The molecular formula is C7H13F3N2. The molecule has 2 nitrogen and oxygen atoms in total. The van der Waals surface area contributed by atoms with Gasteiger partial charge in [-0.3, -0.25) is 0 Å². The highest BCUT2D eigenvalue weighted by molar-refractivity contribution is 5.10. The Hall–Kier alpha value is -0.710. The van der Waals surface area contributed by atoms with Crippen molar-refractivity contribution in [3.05, 3.63) is 11.8 Å². The average Bonchev–Trinajstić information content (AvgIpc) is 1.97. The highest BCUT2D eigenvalue weighted by Gasteiger charge is 2.38. The van der Waals surface area contributed by atoms with Gasteiger partial charge in [0.2, 0.25) is 0 Å². The molecule has 0 spiro atoms. The molecule has 0 aromatic carbocycles. The number of nitrogens with two attached hydrogens (primary N) is 1. The van der Waals surface area contributed by atoms with Crippen LogP contribution in [0.25, 0.3) is 0 Å². The van der Waals surface area contributed by atoms with E-state index in [0.717, 1.165) is 0 Å². The smallest absolute Gasteiger partial charge is 0.394 e. The molecule has 0 fully saturated rings. The standard InChI is InChI=1S/C7H13F3N2/c1-3-5(4-12-2)6(11)7(8,9)10/h4,6,12H,3,11H2,1-2H3/b5-4-. The summed E-state index contributed by atoms with van der Waals surface area (Å²) in [7, 11) is 1.54. The summed E-state index contributed by atoms with van der Waals surface area (Å²) in [5.41, 5.74) is 5.12. The summed E-state index contributed by atoms with van der Waals surface area (Å²) in [5.74, 6) is 0. The number of halogens is 3. The van der Waals surface area contributed by atoms with Crippen molar-refractivity contribution in [3.63, 3.8) is 0 Å². The van der Waals surface area contributed by atoms with Gasteiger partial charge in [-0.1, -0.05) is 6.92 Å². The van der Waals surface area contributed by atoms with Gasteiger partial charge in [0.25, 0.3) is 0 Å². The monoisotopic (exact) mass is 182 g/mol. The molecule has 5 heteroatoms. The SMILES string of the molecule is CC/C(=C/NC)C(N)C(F)(F)F. The van der Waals surface area contributed by atoms with Crippen LogP contribution in [0, 0.1) is 0 Å². The van der Waals surface area contributed by atoms with Crippen molar-refractivity contribution in [3.8, 4) is 0 Å². The number of hydrogen-bond acceptors (Lipinski definition) is 2. The minimum absolute atomic E-state index is 0.157. The van der Waals surface area contributed by atoms with Crippen molar-refractivity contribution in [1.82, 2.24) is 5.32 Å². The average molecular weight is 182 g/mol. The van der Waals surface area contributed by atoms with Gasteiger partial charge in [-0.05, 0) is 18.2 Å². The van der Waals surface area contributed by atoms with Gasteiger partial charge in [0.15, 0.2) is 0 Å². The van der Waals surface area contributed by atoms with Gasteiger partial charge < -0.3 is 11.1 Å². The third kappa shape index (κ3) is 3.13. The van der Waals surface area contributed by atoms with E-state index in [2.05, 4.69) is 5.32 Å². The molecule has 3 N–H and O–H groups in total. The highest BCUT2D eigenvalue weighted by atomic mass is 19.4. The van der Waals surface area contributed by atoms with Gasteiger partial charge in [-0.2, -0.15) is 13.2 Å². The minimum atomic E-state index is -4.35. The molecule has 0 aliphatic rings. The Morgan fingerprint density at radius 2 is 2.08 bits per heavy atom. The summed E-state index contributed by atoms with van der Waals surface area (Å²) >= 11 is 0. The highest BCUT2D eigenvalue weighted by Crippen LogP contribution is 2.24. The third-order valence-corrected chi connectivity index (χ3v) is 1.49. The molecule has 0 aliphatic carbocycles. The fourth-order valence-electron chi connectivity index (χ4n) is 0.807. The Balaban J connectivity index is 4.43. The van der Waals surface area contributed by atoms with E-state index in [9.17, 15) is 13.2 Å². The van der Waals surface area contributed by atoms with Crippen molar-refractivity contribution >= 4 is 0 Å². The third-order valence-electron chi connectivity index (χ3n) is 1.49. The van der Waals surface area contributed by atoms with Crippen LogP contribution in [-0.2, 0) is 0 Å². The van der Waals surface area contributed by atoms with Crippen molar-refractivity contribution in [1.29, 1.82) is 0 Å². The Morgan fingerprint density at radius 3 is 2.33 bits per heavy atom. The summed E-state index contributed by atoms with van der Waals surface area (Å²) in [6.45, 7) is 1.63. The van der Waals surface area contributed by atoms with E-state index < -0.39 is 12.2 Å². The molecule has 0 aliphatic heterocycles.